The second-order valence-corrected chi connectivity index (χ2v) is 9.19. The molecule has 0 saturated carbocycles. The summed E-state index contributed by atoms with van der Waals surface area (Å²) in [5, 5.41) is 44.7. The Bertz CT molecular complexity index is 1080. The van der Waals surface area contributed by atoms with Crippen molar-refractivity contribution in [3.63, 3.8) is 0 Å². The first kappa shape index (κ1) is 27.6. The van der Waals surface area contributed by atoms with E-state index in [2.05, 4.69) is 11.9 Å². The van der Waals surface area contributed by atoms with Crippen LogP contribution in [0.1, 0.15) is 30.9 Å². The maximum atomic E-state index is 12.4. The van der Waals surface area contributed by atoms with E-state index in [4.69, 9.17) is 5.73 Å². The van der Waals surface area contributed by atoms with Crippen LogP contribution in [0.5, 0.6) is 5.75 Å². The smallest absolute Gasteiger partial charge is 0.244 e. The molecule has 2 rings (SSSR count). The number of aldehydes is 1. The molecule has 1 aromatic carbocycles. The summed E-state index contributed by atoms with van der Waals surface area (Å²) in [7, 11) is 3.51. The predicted molar refractivity (Wildman–Crippen MR) is 132 cm³/mol. The van der Waals surface area contributed by atoms with Crippen LogP contribution in [0.4, 0.5) is 5.69 Å². The van der Waals surface area contributed by atoms with Gasteiger partial charge in [-0.25, -0.2) is 0 Å². The number of rotatable bonds is 10. The van der Waals surface area contributed by atoms with Gasteiger partial charge in [-0.2, -0.15) is 0 Å². The molecule has 0 aliphatic heterocycles. The van der Waals surface area contributed by atoms with Gasteiger partial charge in [-0.3, -0.25) is 14.4 Å². The number of hydrogen-bond donors (Lipinski definition) is 6. The highest BCUT2D eigenvalue weighted by Gasteiger charge is 2.45. The van der Waals surface area contributed by atoms with Crippen molar-refractivity contribution in [3.8, 4) is 5.75 Å². The molecule has 0 heterocycles. The lowest BCUT2D eigenvalue weighted by molar-refractivity contribution is -0.130. The number of phenols is 1. The fourth-order valence-corrected chi connectivity index (χ4v) is 4.37. The number of benzene rings is 1. The van der Waals surface area contributed by atoms with E-state index >= 15 is 0 Å². The van der Waals surface area contributed by atoms with Crippen LogP contribution in [0.3, 0.4) is 0 Å². The first-order valence-electron chi connectivity index (χ1n) is 11.0. The normalized spacial score (nSPS) is 22.4. The van der Waals surface area contributed by atoms with Crippen LogP contribution < -0.4 is 11.1 Å². The average Bonchev–Trinajstić information content (AvgIpc) is 2.72. The quantitative estimate of drug-likeness (QED) is 0.125. The monoisotopic (exact) mass is 487 g/mol. The number of phenolic OH excluding ortho intramolecular Hbond substituents is 1. The van der Waals surface area contributed by atoms with Gasteiger partial charge in [0, 0.05) is 29.7 Å². The van der Waals surface area contributed by atoms with Gasteiger partial charge in [-0.05, 0) is 69.1 Å². The molecule has 190 valence electrons. The Morgan fingerprint density at radius 3 is 2.51 bits per heavy atom. The molecule has 3 atom stereocenters. The number of aromatic hydroxyl groups is 1. The number of likely N-dealkylation sites (N-methyl/N-ethyl adjacent to an activating group) is 1. The average molecular weight is 488 g/mol. The minimum absolute atomic E-state index is 0.0369. The van der Waals surface area contributed by atoms with Crippen LogP contribution in [0.25, 0.3) is 5.57 Å². The second-order valence-electron chi connectivity index (χ2n) is 9.19. The highest BCUT2D eigenvalue weighted by atomic mass is 16.3. The number of aliphatic hydroxyl groups excluding tert-OH is 2. The zero-order valence-electron chi connectivity index (χ0n) is 20.1. The molecule has 0 bridgehead atoms. The fraction of sp³-hybridized carbons (Fsp3) is 0.400. The number of amides is 2. The SMILES string of the molecule is C=C(C)c1c(O)ccc(NC(=O)CN(C)C)c1CC1C=C(O)[C@](O)(C=O)C(C/C(O)=C/C(N)=O)C1. The molecule has 0 aromatic heterocycles. The van der Waals surface area contributed by atoms with E-state index in [1.165, 1.54) is 12.1 Å². The van der Waals surface area contributed by atoms with Crippen molar-refractivity contribution < 1.29 is 34.8 Å². The summed E-state index contributed by atoms with van der Waals surface area (Å²) in [5.41, 5.74) is 4.80. The Hall–Kier alpha value is -3.63. The number of aliphatic hydroxyl groups is 3. The Morgan fingerprint density at radius 2 is 1.97 bits per heavy atom. The van der Waals surface area contributed by atoms with E-state index in [1.54, 1.807) is 32.0 Å². The van der Waals surface area contributed by atoms with Crippen molar-refractivity contribution in [1.29, 1.82) is 0 Å². The molecule has 10 heteroatoms. The summed E-state index contributed by atoms with van der Waals surface area (Å²) < 4.78 is 0. The van der Waals surface area contributed by atoms with Gasteiger partial charge in [0.15, 0.2) is 11.9 Å². The van der Waals surface area contributed by atoms with Crippen molar-refractivity contribution in [3.05, 3.63) is 53.5 Å². The minimum atomic E-state index is -2.26. The fourth-order valence-electron chi connectivity index (χ4n) is 4.37. The van der Waals surface area contributed by atoms with Gasteiger partial charge in [0.25, 0.3) is 0 Å². The molecule has 1 aromatic rings. The third kappa shape index (κ3) is 6.71. The molecule has 2 amide bonds. The number of hydrogen-bond acceptors (Lipinski definition) is 8. The topological polar surface area (TPSA) is 173 Å². The number of carbonyl (C=O) groups is 3. The van der Waals surface area contributed by atoms with Crippen LogP contribution >= 0.6 is 0 Å². The van der Waals surface area contributed by atoms with Gasteiger partial charge in [0.1, 0.15) is 11.5 Å². The van der Waals surface area contributed by atoms with E-state index in [0.29, 0.717) is 22.4 Å². The van der Waals surface area contributed by atoms with Crippen LogP contribution in [-0.4, -0.2) is 69.7 Å². The van der Waals surface area contributed by atoms with Gasteiger partial charge in [-0.15, -0.1) is 0 Å². The number of primary amides is 1. The first-order valence-corrected chi connectivity index (χ1v) is 11.0. The van der Waals surface area contributed by atoms with Gasteiger partial charge in [-0.1, -0.05) is 6.58 Å². The summed E-state index contributed by atoms with van der Waals surface area (Å²) >= 11 is 0. The predicted octanol–water partition coefficient (Wildman–Crippen LogP) is 1.79. The molecule has 0 fully saturated rings. The molecule has 0 saturated heterocycles. The molecule has 0 spiro atoms. The van der Waals surface area contributed by atoms with Crippen molar-refractivity contribution >= 4 is 29.4 Å². The third-order valence-electron chi connectivity index (χ3n) is 5.88. The number of nitrogens with two attached hydrogens (primary N) is 1. The lowest BCUT2D eigenvalue weighted by atomic mass is 9.71. The van der Waals surface area contributed by atoms with Crippen LogP contribution in [-0.2, 0) is 20.8 Å². The van der Waals surface area contributed by atoms with Gasteiger partial charge in [0.05, 0.1) is 12.3 Å². The van der Waals surface area contributed by atoms with E-state index in [0.717, 1.165) is 6.08 Å². The largest absolute Gasteiger partial charge is 0.512 e. The van der Waals surface area contributed by atoms with E-state index in [-0.39, 0.29) is 43.8 Å². The minimum Gasteiger partial charge on any atom is -0.512 e. The van der Waals surface area contributed by atoms with Crippen molar-refractivity contribution in [2.24, 2.45) is 17.6 Å². The summed E-state index contributed by atoms with van der Waals surface area (Å²) in [6, 6.07) is 3.02. The van der Waals surface area contributed by atoms with E-state index in [1.807, 2.05) is 0 Å². The van der Waals surface area contributed by atoms with Gasteiger partial charge >= 0.3 is 0 Å². The summed E-state index contributed by atoms with van der Waals surface area (Å²) in [5.74, 6) is -3.66. The zero-order valence-corrected chi connectivity index (χ0v) is 20.1. The summed E-state index contributed by atoms with van der Waals surface area (Å²) in [4.78, 5) is 36.9. The van der Waals surface area contributed by atoms with Crippen molar-refractivity contribution in [2.45, 2.75) is 31.8 Å². The van der Waals surface area contributed by atoms with Crippen molar-refractivity contribution in [1.82, 2.24) is 4.90 Å². The van der Waals surface area contributed by atoms with Gasteiger partial charge in [0.2, 0.25) is 11.8 Å². The molecule has 2 unspecified atom stereocenters. The zero-order chi connectivity index (χ0) is 26.5. The maximum Gasteiger partial charge on any atom is 0.244 e. The Balaban J connectivity index is 2.49. The van der Waals surface area contributed by atoms with E-state index < -0.39 is 34.9 Å². The molecule has 35 heavy (non-hydrogen) atoms. The van der Waals surface area contributed by atoms with E-state index in [9.17, 15) is 34.8 Å². The molecular weight excluding hydrogens is 454 g/mol. The summed E-state index contributed by atoms with van der Waals surface area (Å²) in [6.07, 6.45) is 2.36. The number of anilines is 1. The highest BCUT2D eigenvalue weighted by Crippen LogP contribution is 2.42. The van der Waals surface area contributed by atoms with Gasteiger partial charge < -0.3 is 36.4 Å². The van der Waals surface area contributed by atoms with Crippen LogP contribution in [0, 0.1) is 11.8 Å². The lowest BCUT2D eigenvalue weighted by Crippen LogP contribution is -2.46. The lowest BCUT2D eigenvalue weighted by Gasteiger charge is -2.37. The Morgan fingerprint density at radius 1 is 1.31 bits per heavy atom. The molecule has 0 radical (unpaired) electrons. The second kappa shape index (κ2) is 11.2. The first-order chi connectivity index (χ1) is 16.3. The molecule has 1 aliphatic carbocycles. The molecular formula is C25H33N3O7. The number of nitrogens with one attached hydrogen (secondary N) is 1. The third-order valence-corrected chi connectivity index (χ3v) is 5.88. The highest BCUT2D eigenvalue weighted by molar-refractivity contribution is 5.94. The molecule has 1 aliphatic rings. The van der Waals surface area contributed by atoms with Crippen LogP contribution in [0.2, 0.25) is 0 Å². The number of carbonyl (C=O) groups excluding carboxylic acids is 3. The molecule has 10 nitrogen and oxygen atoms in total. The number of nitrogens with zero attached hydrogens (tertiary/aromatic N) is 1. The maximum absolute atomic E-state index is 12.4. The Kier molecular flexibility index (Phi) is 8.83. The summed E-state index contributed by atoms with van der Waals surface area (Å²) in [6.45, 7) is 5.76. The molecule has 7 N–H and O–H groups in total. The van der Waals surface area contributed by atoms with Crippen LogP contribution in [0.15, 0.2) is 42.4 Å². The Labute approximate surface area is 204 Å². The van der Waals surface area contributed by atoms with Crippen molar-refractivity contribution in [2.75, 3.05) is 26.0 Å². The standard InChI is InChI=1S/C25H33N3O7/c1-14(2)24-18(19(5-6-20(24)31)27-23(34)12-28(3)4)8-15-7-16(10-17(30)11-22(26)33)25(35,13-29)21(32)9-15/h5-6,9,11,13,15-16,30-32,35H,1,7-8,10,12H2,2-4H3,(H2,26,33)(H,27,34)/b17-11-/t15?,16?,25-/m0/s1. The number of allylic oxidation sites excluding steroid dienone is 3.